The van der Waals surface area contributed by atoms with Gasteiger partial charge in [0.1, 0.15) is 0 Å². The molecule has 2 N–H and O–H groups in total. The van der Waals surface area contributed by atoms with Gasteiger partial charge in [0.2, 0.25) is 5.75 Å². The van der Waals surface area contributed by atoms with Crippen LogP contribution in [0.15, 0.2) is 11.1 Å². The van der Waals surface area contributed by atoms with E-state index in [1.54, 1.807) is 0 Å². The Morgan fingerprint density at radius 1 is 1.50 bits per heavy atom. The SMILES string of the molecule is COc1c(NC2CCCCC2(C)C)nc[nH]c1=O. The number of aromatic amines is 1. The maximum atomic E-state index is 11.6. The summed E-state index contributed by atoms with van der Waals surface area (Å²) in [4.78, 5) is 18.3. The lowest BCUT2D eigenvalue weighted by atomic mass is 9.73. The Morgan fingerprint density at radius 3 is 2.94 bits per heavy atom. The molecule has 0 aromatic carbocycles. The van der Waals surface area contributed by atoms with Crippen molar-refractivity contribution in [3.63, 3.8) is 0 Å². The lowest BCUT2D eigenvalue weighted by molar-refractivity contribution is 0.216. The van der Waals surface area contributed by atoms with Crippen LogP contribution < -0.4 is 15.6 Å². The molecule has 18 heavy (non-hydrogen) atoms. The van der Waals surface area contributed by atoms with Crippen LogP contribution in [0.5, 0.6) is 5.75 Å². The molecule has 1 fully saturated rings. The second-order valence-electron chi connectivity index (χ2n) is 5.54. The molecule has 0 radical (unpaired) electrons. The first-order chi connectivity index (χ1) is 8.54. The largest absolute Gasteiger partial charge is 0.489 e. The van der Waals surface area contributed by atoms with Gasteiger partial charge >= 0.3 is 0 Å². The normalized spacial score (nSPS) is 22.5. The minimum absolute atomic E-state index is 0.216. The number of methoxy groups -OCH3 is 1. The zero-order valence-electron chi connectivity index (χ0n) is 11.2. The van der Waals surface area contributed by atoms with E-state index < -0.39 is 0 Å². The van der Waals surface area contributed by atoms with Crippen molar-refractivity contribution >= 4 is 5.82 Å². The van der Waals surface area contributed by atoms with Gasteiger partial charge in [-0.2, -0.15) is 0 Å². The fourth-order valence-electron chi connectivity index (χ4n) is 2.61. The highest BCUT2D eigenvalue weighted by atomic mass is 16.5. The molecule has 1 unspecified atom stereocenters. The van der Waals surface area contributed by atoms with Gasteiger partial charge in [-0.05, 0) is 18.3 Å². The molecule has 1 atom stereocenters. The van der Waals surface area contributed by atoms with Crippen molar-refractivity contribution in [3.05, 3.63) is 16.7 Å². The van der Waals surface area contributed by atoms with E-state index in [0.717, 1.165) is 6.42 Å². The van der Waals surface area contributed by atoms with Crippen molar-refractivity contribution < 1.29 is 4.74 Å². The molecule has 0 aliphatic heterocycles. The summed E-state index contributed by atoms with van der Waals surface area (Å²) in [7, 11) is 1.49. The summed E-state index contributed by atoms with van der Waals surface area (Å²) in [5.41, 5.74) is -0.0308. The summed E-state index contributed by atoms with van der Waals surface area (Å²) in [5, 5.41) is 3.38. The second kappa shape index (κ2) is 5.00. The fraction of sp³-hybridized carbons (Fsp3) is 0.692. The smallest absolute Gasteiger partial charge is 0.295 e. The van der Waals surface area contributed by atoms with Crippen molar-refractivity contribution in [2.75, 3.05) is 12.4 Å². The zero-order chi connectivity index (χ0) is 13.2. The Kier molecular flexibility index (Phi) is 3.59. The lowest BCUT2D eigenvalue weighted by Crippen LogP contribution is -2.39. The van der Waals surface area contributed by atoms with E-state index in [1.807, 2.05) is 0 Å². The average molecular weight is 251 g/mol. The summed E-state index contributed by atoms with van der Waals surface area (Å²) < 4.78 is 5.12. The van der Waals surface area contributed by atoms with Gasteiger partial charge in [-0.15, -0.1) is 0 Å². The van der Waals surface area contributed by atoms with Gasteiger partial charge in [0.25, 0.3) is 5.56 Å². The standard InChI is InChI=1S/C13H21N3O2/c1-13(2)7-5-4-6-9(13)16-11-10(18-3)12(17)15-8-14-11/h8-9H,4-7H2,1-3H3,(H2,14,15,16,17). The third-order valence-corrected chi connectivity index (χ3v) is 3.83. The van der Waals surface area contributed by atoms with Gasteiger partial charge in [-0.3, -0.25) is 4.79 Å². The number of nitrogens with one attached hydrogen (secondary N) is 2. The fourth-order valence-corrected chi connectivity index (χ4v) is 2.61. The van der Waals surface area contributed by atoms with E-state index in [1.165, 1.54) is 32.7 Å². The van der Waals surface area contributed by atoms with Gasteiger partial charge in [-0.1, -0.05) is 26.7 Å². The van der Waals surface area contributed by atoms with Crippen LogP contribution in [0.1, 0.15) is 39.5 Å². The number of nitrogens with zero attached hydrogens (tertiary/aromatic N) is 1. The molecular weight excluding hydrogens is 230 g/mol. The van der Waals surface area contributed by atoms with Crippen LogP contribution in [-0.2, 0) is 0 Å². The average Bonchev–Trinajstić information content (AvgIpc) is 2.32. The van der Waals surface area contributed by atoms with Crippen LogP contribution in [0.2, 0.25) is 0 Å². The predicted octanol–water partition coefficient (Wildman–Crippen LogP) is 2.16. The third-order valence-electron chi connectivity index (χ3n) is 3.83. The Labute approximate surface area is 107 Å². The minimum Gasteiger partial charge on any atom is -0.489 e. The van der Waals surface area contributed by atoms with Crippen molar-refractivity contribution in [1.82, 2.24) is 9.97 Å². The molecule has 5 nitrogen and oxygen atoms in total. The van der Waals surface area contributed by atoms with Crippen LogP contribution in [0.25, 0.3) is 0 Å². The number of H-pyrrole nitrogens is 1. The highest BCUT2D eigenvalue weighted by molar-refractivity contribution is 5.49. The molecule has 0 spiro atoms. The van der Waals surface area contributed by atoms with Crippen LogP contribution >= 0.6 is 0 Å². The van der Waals surface area contributed by atoms with E-state index in [0.29, 0.717) is 11.9 Å². The summed E-state index contributed by atoms with van der Waals surface area (Å²) in [5.74, 6) is 0.806. The number of ether oxygens (including phenoxy) is 1. The van der Waals surface area contributed by atoms with Crippen molar-refractivity contribution in [1.29, 1.82) is 0 Å². The molecule has 1 saturated carbocycles. The Bertz CT molecular complexity index is 468. The molecule has 1 aromatic heterocycles. The number of rotatable bonds is 3. The number of hydrogen-bond donors (Lipinski definition) is 2. The quantitative estimate of drug-likeness (QED) is 0.864. The highest BCUT2D eigenvalue weighted by Gasteiger charge is 2.33. The Morgan fingerprint density at radius 2 is 2.28 bits per heavy atom. The van der Waals surface area contributed by atoms with Gasteiger partial charge < -0.3 is 15.0 Å². The summed E-state index contributed by atoms with van der Waals surface area (Å²) in [6.45, 7) is 4.51. The van der Waals surface area contributed by atoms with Gasteiger partial charge in [0.05, 0.1) is 13.4 Å². The first-order valence-corrected chi connectivity index (χ1v) is 6.43. The highest BCUT2D eigenvalue weighted by Crippen LogP contribution is 2.37. The Hall–Kier alpha value is -1.52. The molecular formula is C13H21N3O2. The molecule has 1 aromatic rings. The van der Waals surface area contributed by atoms with E-state index in [2.05, 4.69) is 29.1 Å². The van der Waals surface area contributed by atoms with Crippen LogP contribution in [0.3, 0.4) is 0 Å². The van der Waals surface area contributed by atoms with Crippen molar-refractivity contribution in [2.45, 2.75) is 45.6 Å². The topological polar surface area (TPSA) is 67.0 Å². The predicted molar refractivity (Wildman–Crippen MR) is 71.1 cm³/mol. The molecule has 1 aliphatic carbocycles. The van der Waals surface area contributed by atoms with E-state index in [-0.39, 0.29) is 16.7 Å². The number of aromatic nitrogens is 2. The summed E-state index contributed by atoms with van der Waals surface area (Å²) in [6, 6.07) is 0.328. The van der Waals surface area contributed by atoms with Crippen molar-refractivity contribution in [3.8, 4) is 5.75 Å². The molecule has 0 bridgehead atoms. The summed E-state index contributed by atoms with van der Waals surface area (Å²) >= 11 is 0. The first-order valence-electron chi connectivity index (χ1n) is 6.43. The molecule has 1 aliphatic rings. The van der Waals surface area contributed by atoms with Crippen LogP contribution in [-0.4, -0.2) is 23.1 Å². The zero-order valence-corrected chi connectivity index (χ0v) is 11.2. The third kappa shape index (κ3) is 2.49. The molecule has 0 saturated heterocycles. The van der Waals surface area contributed by atoms with Gasteiger partial charge in [0.15, 0.2) is 5.82 Å². The van der Waals surface area contributed by atoms with Crippen LogP contribution in [0, 0.1) is 5.41 Å². The van der Waals surface area contributed by atoms with Gasteiger partial charge in [0, 0.05) is 6.04 Å². The van der Waals surface area contributed by atoms with E-state index in [4.69, 9.17) is 4.74 Å². The number of hydrogen-bond acceptors (Lipinski definition) is 4. The van der Waals surface area contributed by atoms with Crippen molar-refractivity contribution in [2.24, 2.45) is 5.41 Å². The maximum absolute atomic E-state index is 11.6. The van der Waals surface area contributed by atoms with Gasteiger partial charge in [-0.25, -0.2) is 4.98 Å². The monoisotopic (exact) mass is 251 g/mol. The molecule has 100 valence electrons. The second-order valence-corrected chi connectivity index (χ2v) is 5.54. The molecule has 5 heteroatoms. The lowest BCUT2D eigenvalue weighted by Gasteiger charge is -2.39. The molecule has 2 rings (SSSR count). The van der Waals surface area contributed by atoms with E-state index in [9.17, 15) is 4.79 Å². The first kappa shape index (κ1) is 12.9. The summed E-state index contributed by atoms with van der Waals surface area (Å²) in [6.07, 6.45) is 6.18. The minimum atomic E-state index is -0.247. The molecule has 0 amide bonds. The molecule has 1 heterocycles. The van der Waals surface area contributed by atoms with E-state index >= 15 is 0 Å². The van der Waals surface area contributed by atoms with Crippen LogP contribution in [0.4, 0.5) is 5.82 Å². The Balaban J connectivity index is 2.23. The number of anilines is 1. The maximum Gasteiger partial charge on any atom is 0.295 e.